The third-order valence-corrected chi connectivity index (χ3v) is 3.25. The lowest BCUT2D eigenvalue weighted by Gasteiger charge is -2.16. The van der Waals surface area contributed by atoms with Gasteiger partial charge >= 0.3 is 0 Å². The fourth-order valence-corrected chi connectivity index (χ4v) is 2.31. The molecule has 1 fully saturated rings. The molecule has 0 aliphatic carbocycles. The van der Waals surface area contributed by atoms with Crippen LogP contribution in [0.1, 0.15) is 18.4 Å². The van der Waals surface area contributed by atoms with Gasteiger partial charge in [-0.05, 0) is 17.7 Å². The van der Waals surface area contributed by atoms with Gasteiger partial charge in [0.1, 0.15) is 0 Å². The Morgan fingerprint density at radius 1 is 1.11 bits per heavy atom. The second-order valence-electron chi connectivity index (χ2n) is 4.80. The quantitative estimate of drug-likeness (QED) is 0.749. The summed E-state index contributed by atoms with van der Waals surface area (Å²) in [5.41, 5.74) is 0.951. The van der Waals surface area contributed by atoms with Crippen molar-refractivity contribution in [2.24, 2.45) is 0 Å². The molecular weight excluding hydrogens is 246 g/mol. The van der Waals surface area contributed by atoms with Crippen LogP contribution in [0.15, 0.2) is 18.2 Å². The average molecular weight is 261 g/mol. The number of benzene rings is 1. The van der Waals surface area contributed by atoms with Crippen molar-refractivity contribution in [3.8, 4) is 11.5 Å². The molecule has 1 aromatic carbocycles. The zero-order chi connectivity index (χ0) is 13.2. The van der Waals surface area contributed by atoms with E-state index in [0.29, 0.717) is 25.5 Å². The first-order valence-electron chi connectivity index (χ1n) is 6.40. The number of rotatable bonds is 2. The van der Waals surface area contributed by atoms with E-state index in [-0.39, 0.29) is 24.7 Å². The van der Waals surface area contributed by atoms with Crippen LogP contribution in [-0.4, -0.2) is 36.3 Å². The summed E-state index contributed by atoms with van der Waals surface area (Å²) in [6.07, 6.45) is 0.897. The maximum atomic E-state index is 11.6. The van der Waals surface area contributed by atoms with Gasteiger partial charge in [-0.2, -0.15) is 0 Å². The summed E-state index contributed by atoms with van der Waals surface area (Å²) in [7, 11) is 0. The molecule has 0 radical (unpaired) electrons. The molecule has 2 heterocycles. The molecule has 0 spiro atoms. The first-order valence-corrected chi connectivity index (χ1v) is 6.40. The number of carbonyl (C=O) groups excluding carboxylic acids is 2. The van der Waals surface area contributed by atoms with Crippen LogP contribution in [0.3, 0.4) is 0 Å². The van der Waals surface area contributed by atoms with E-state index in [2.05, 4.69) is 0 Å². The summed E-state index contributed by atoms with van der Waals surface area (Å²) in [5, 5.41) is 0. The molecule has 2 aliphatic rings. The fourth-order valence-electron chi connectivity index (χ4n) is 2.31. The second kappa shape index (κ2) is 4.91. The normalized spacial score (nSPS) is 18.6. The molecule has 3 rings (SSSR count). The number of hydrogen-bond acceptors (Lipinski definition) is 4. The Bertz CT molecular complexity index is 526. The Hall–Kier alpha value is -2.04. The van der Waals surface area contributed by atoms with E-state index in [1.165, 1.54) is 0 Å². The van der Waals surface area contributed by atoms with Crippen LogP contribution >= 0.6 is 0 Å². The van der Waals surface area contributed by atoms with Crippen LogP contribution in [0.2, 0.25) is 0 Å². The maximum Gasteiger partial charge on any atom is 0.230 e. The number of nitrogens with zero attached hydrogens (tertiary/aromatic N) is 1. The largest absolute Gasteiger partial charge is 0.490 e. The zero-order valence-electron chi connectivity index (χ0n) is 10.6. The van der Waals surface area contributed by atoms with E-state index >= 15 is 0 Å². The molecule has 1 amide bonds. The van der Waals surface area contributed by atoms with Crippen LogP contribution < -0.4 is 9.47 Å². The highest BCUT2D eigenvalue weighted by molar-refractivity contribution is 6.05. The number of fused-ring (bicyclic) bond motifs is 1. The predicted molar refractivity (Wildman–Crippen MR) is 67.1 cm³/mol. The van der Waals surface area contributed by atoms with Gasteiger partial charge in [0.15, 0.2) is 17.3 Å². The summed E-state index contributed by atoms with van der Waals surface area (Å²) in [6.45, 7) is 1.96. The number of hydrogen-bond donors (Lipinski definition) is 0. The summed E-state index contributed by atoms with van der Waals surface area (Å²) in [4.78, 5) is 24.4. The summed E-state index contributed by atoms with van der Waals surface area (Å²) >= 11 is 0. The Morgan fingerprint density at radius 2 is 1.89 bits per heavy atom. The molecule has 5 nitrogen and oxygen atoms in total. The number of ether oxygens (including phenoxy) is 2. The molecule has 0 aromatic heterocycles. The molecule has 1 saturated heterocycles. The number of carbonyl (C=O) groups is 2. The van der Waals surface area contributed by atoms with Gasteiger partial charge in [-0.25, -0.2) is 0 Å². The van der Waals surface area contributed by atoms with Gasteiger partial charge in [-0.15, -0.1) is 0 Å². The van der Waals surface area contributed by atoms with Crippen molar-refractivity contribution < 1.29 is 19.1 Å². The lowest BCUT2D eigenvalue weighted by Crippen LogP contribution is -2.24. The van der Waals surface area contributed by atoms with Gasteiger partial charge in [-0.3, -0.25) is 9.59 Å². The number of ketones is 1. The topological polar surface area (TPSA) is 55.8 Å². The Kier molecular flexibility index (Phi) is 3.11. The predicted octanol–water partition coefficient (Wildman–Crippen LogP) is 1.15. The van der Waals surface area contributed by atoms with Crippen molar-refractivity contribution in [3.05, 3.63) is 23.8 Å². The molecule has 5 heteroatoms. The van der Waals surface area contributed by atoms with Gasteiger partial charge < -0.3 is 14.4 Å². The second-order valence-corrected chi connectivity index (χ2v) is 4.80. The molecule has 0 unspecified atom stereocenters. The molecule has 100 valence electrons. The van der Waals surface area contributed by atoms with Crippen LogP contribution in [0.5, 0.6) is 11.5 Å². The standard InChI is InChI=1S/C14H15NO4/c16-11-7-14(17)15(9-11)8-10-2-3-12-13(6-10)19-5-1-4-18-12/h2-3,6H,1,4-5,7-9H2. The first kappa shape index (κ1) is 12.0. The van der Waals surface area contributed by atoms with Crippen molar-refractivity contribution in [2.75, 3.05) is 19.8 Å². The minimum Gasteiger partial charge on any atom is -0.490 e. The summed E-state index contributed by atoms with van der Waals surface area (Å²) < 4.78 is 11.2. The Balaban J connectivity index is 1.77. The van der Waals surface area contributed by atoms with Crippen molar-refractivity contribution in [1.29, 1.82) is 0 Å². The van der Waals surface area contributed by atoms with Gasteiger partial charge in [0.2, 0.25) is 5.91 Å². The lowest BCUT2D eigenvalue weighted by molar-refractivity contribution is -0.128. The highest BCUT2D eigenvalue weighted by atomic mass is 16.5. The molecule has 0 N–H and O–H groups in total. The minimum absolute atomic E-state index is 0.0145. The lowest BCUT2D eigenvalue weighted by atomic mass is 10.2. The van der Waals surface area contributed by atoms with E-state index in [9.17, 15) is 9.59 Å². The Morgan fingerprint density at radius 3 is 2.63 bits per heavy atom. The van der Waals surface area contributed by atoms with Crippen molar-refractivity contribution in [2.45, 2.75) is 19.4 Å². The molecule has 0 saturated carbocycles. The number of amides is 1. The van der Waals surface area contributed by atoms with Crippen molar-refractivity contribution in [1.82, 2.24) is 4.90 Å². The maximum absolute atomic E-state index is 11.6. The van der Waals surface area contributed by atoms with Crippen LogP contribution in [0.25, 0.3) is 0 Å². The van der Waals surface area contributed by atoms with Crippen molar-refractivity contribution >= 4 is 11.7 Å². The van der Waals surface area contributed by atoms with Crippen molar-refractivity contribution in [3.63, 3.8) is 0 Å². The van der Waals surface area contributed by atoms with Gasteiger partial charge in [-0.1, -0.05) is 6.07 Å². The molecule has 0 atom stereocenters. The van der Waals surface area contributed by atoms with Gasteiger partial charge in [0.25, 0.3) is 0 Å². The summed E-state index contributed by atoms with van der Waals surface area (Å²) in [6, 6.07) is 5.65. The smallest absolute Gasteiger partial charge is 0.230 e. The third kappa shape index (κ3) is 2.54. The average Bonchev–Trinajstić information content (AvgIpc) is 2.60. The van der Waals surface area contributed by atoms with E-state index in [4.69, 9.17) is 9.47 Å². The minimum atomic E-state index is -0.0999. The molecule has 2 aliphatic heterocycles. The fraction of sp³-hybridized carbons (Fsp3) is 0.429. The molecular formula is C14H15NO4. The monoisotopic (exact) mass is 261 g/mol. The van der Waals surface area contributed by atoms with Crippen LogP contribution in [0.4, 0.5) is 0 Å². The first-order chi connectivity index (χ1) is 9.22. The molecule has 1 aromatic rings. The van der Waals surface area contributed by atoms with Crippen LogP contribution in [-0.2, 0) is 16.1 Å². The number of Topliss-reactive ketones (excluding diaryl/α,β-unsaturated/α-hetero) is 1. The van der Waals surface area contributed by atoms with E-state index in [0.717, 1.165) is 17.7 Å². The highest BCUT2D eigenvalue weighted by Gasteiger charge is 2.27. The van der Waals surface area contributed by atoms with Crippen LogP contribution in [0, 0.1) is 0 Å². The van der Waals surface area contributed by atoms with E-state index < -0.39 is 0 Å². The molecule has 19 heavy (non-hydrogen) atoms. The Labute approximate surface area is 111 Å². The molecule has 0 bridgehead atoms. The summed E-state index contributed by atoms with van der Waals surface area (Å²) in [5.74, 6) is 1.34. The highest BCUT2D eigenvalue weighted by Crippen LogP contribution is 2.31. The number of likely N-dealkylation sites (tertiary alicyclic amines) is 1. The third-order valence-electron chi connectivity index (χ3n) is 3.25. The van der Waals surface area contributed by atoms with Gasteiger partial charge in [0.05, 0.1) is 26.2 Å². The van der Waals surface area contributed by atoms with Gasteiger partial charge in [0, 0.05) is 13.0 Å². The zero-order valence-corrected chi connectivity index (χ0v) is 10.6. The van der Waals surface area contributed by atoms with E-state index in [1.807, 2.05) is 18.2 Å². The van der Waals surface area contributed by atoms with E-state index in [1.54, 1.807) is 4.90 Å². The SMILES string of the molecule is O=C1CC(=O)N(Cc2ccc3c(c2)OCCCO3)C1.